The number of thiazole rings is 1. The number of aryl methyl sites for hydroxylation is 1. The topological polar surface area (TPSA) is 71.5 Å². The number of aromatic nitrogens is 1. The van der Waals surface area contributed by atoms with Crippen LogP contribution in [0.1, 0.15) is 27.9 Å². The largest absolute Gasteiger partial charge is 0.495 e. The van der Waals surface area contributed by atoms with Gasteiger partial charge < -0.3 is 10.1 Å². The number of halogens is 1. The van der Waals surface area contributed by atoms with Gasteiger partial charge in [-0.2, -0.15) is 0 Å². The molecule has 0 atom stereocenters. The number of hydrogen-bond donors (Lipinski definition) is 1. The number of amides is 2. The quantitative estimate of drug-likeness (QED) is 0.603. The van der Waals surface area contributed by atoms with Gasteiger partial charge in [0, 0.05) is 12.6 Å². The number of nitrogens with zero attached hydrogens (tertiary/aromatic N) is 2. The van der Waals surface area contributed by atoms with Crippen LogP contribution in [-0.2, 0) is 11.3 Å². The van der Waals surface area contributed by atoms with Gasteiger partial charge in [0.2, 0.25) is 5.91 Å². The number of carbonyl (C=O) groups is 2. The molecule has 1 heterocycles. The van der Waals surface area contributed by atoms with Crippen molar-refractivity contribution < 1.29 is 14.3 Å². The first-order valence-electron chi connectivity index (χ1n) is 8.83. The monoisotopic (exact) mass is 429 g/mol. The Bertz CT molecular complexity index is 1040. The van der Waals surface area contributed by atoms with Crippen LogP contribution in [0.3, 0.4) is 0 Å². The average molecular weight is 430 g/mol. The summed E-state index contributed by atoms with van der Waals surface area (Å²) < 4.78 is 5.12. The molecular formula is C21H20ClN3O3S. The first kappa shape index (κ1) is 20.8. The molecule has 0 aliphatic rings. The molecule has 3 aromatic rings. The Labute approximate surface area is 178 Å². The molecule has 2 aromatic carbocycles. The fraction of sp³-hybridized carbons (Fsp3) is 0.190. The first-order valence-corrected chi connectivity index (χ1v) is 10.0. The third-order valence-corrected chi connectivity index (χ3v) is 5.67. The lowest BCUT2D eigenvalue weighted by molar-refractivity contribution is -0.116. The van der Waals surface area contributed by atoms with Gasteiger partial charge in [0.1, 0.15) is 10.6 Å². The maximum absolute atomic E-state index is 12.7. The molecule has 2 amide bonds. The lowest BCUT2D eigenvalue weighted by Crippen LogP contribution is -2.27. The van der Waals surface area contributed by atoms with Gasteiger partial charge in [-0.1, -0.05) is 53.3 Å². The predicted octanol–water partition coefficient (Wildman–Crippen LogP) is 4.92. The van der Waals surface area contributed by atoms with Gasteiger partial charge in [0.15, 0.2) is 5.13 Å². The summed E-state index contributed by atoms with van der Waals surface area (Å²) in [5, 5.41) is 3.69. The van der Waals surface area contributed by atoms with E-state index >= 15 is 0 Å². The Morgan fingerprint density at radius 3 is 2.55 bits per heavy atom. The van der Waals surface area contributed by atoms with E-state index in [4.69, 9.17) is 16.3 Å². The Balaban J connectivity index is 1.81. The van der Waals surface area contributed by atoms with Crippen LogP contribution in [0.4, 0.5) is 10.8 Å². The number of benzene rings is 2. The van der Waals surface area contributed by atoms with Crippen LogP contribution in [0.15, 0.2) is 48.5 Å². The summed E-state index contributed by atoms with van der Waals surface area (Å²) in [4.78, 5) is 31.4. The normalized spacial score (nSPS) is 10.5. The SMILES string of the molecule is COc1ccc(NC(=O)c2sc(N(Cc3ccccc3)C(C)=O)nc2C)cc1Cl. The number of hydrogen-bond acceptors (Lipinski definition) is 5. The molecule has 0 spiro atoms. The van der Waals surface area contributed by atoms with E-state index in [1.54, 1.807) is 30.0 Å². The van der Waals surface area contributed by atoms with E-state index in [-0.39, 0.29) is 11.8 Å². The molecule has 3 rings (SSSR count). The fourth-order valence-corrected chi connectivity index (χ4v) is 3.98. The highest BCUT2D eigenvalue weighted by Crippen LogP contribution is 2.30. The minimum atomic E-state index is -0.310. The second-order valence-electron chi connectivity index (χ2n) is 6.31. The smallest absolute Gasteiger partial charge is 0.267 e. The van der Waals surface area contributed by atoms with E-state index < -0.39 is 0 Å². The zero-order valence-corrected chi connectivity index (χ0v) is 17.8. The highest BCUT2D eigenvalue weighted by Gasteiger charge is 2.22. The Morgan fingerprint density at radius 1 is 1.21 bits per heavy atom. The van der Waals surface area contributed by atoms with E-state index in [1.165, 1.54) is 25.4 Å². The van der Waals surface area contributed by atoms with Crippen LogP contribution in [0, 0.1) is 6.92 Å². The van der Waals surface area contributed by atoms with Gasteiger partial charge in [-0.3, -0.25) is 14.5 Å². The molecule has 0 unspecified atom stereocenters. The average Bonchev–Trinajstić information content (AvgIpc) is 3.08. The fourth-order valence-electron chi connectivity index (χ4n) is 2.72. The molecule has 0 radical (unpaired) electrons. The van der Waals surface area contributed by atoms with Crippen LogP contribution >= 0.6 is 22.9 Å². The molecule has 0 fully saturated rings. The van der Waals surface area contributed by atoms with Crippen LogP contribution in [0.2, 0.25) is 5.02 Å². The molecular weight excluding hydrogens is 410 g/mol. The lowest BCUT2D eigenvalue weighted by atomic mass is 10.2. The summed E-state index contributed by atoms with van der Waals surface area (Å²) in [5.74, 6) is 0.0751. The second kappa shape index (κ2) is 9.07. The molecule has 6 nitrogen and oxygen atoms in total. The molecule has 1 aromatic heterocycles. The van der Waals surface area contributed by atoms with Crippen LogP contribution in [0.5, 0.6) is 5.75 Å². The van der Waals surface area contributed by atoms with Gasteiger partial charge in [0.25, 0.3) is 5.91 Å². The van der Waals surface area contributed by atoms with Crippen LogP contribution in [-0.4, -0.2) is 23.9 Å². The highest BCUT2D eigenvalue weighted by molar-refractivity contribution is 7.17. The lowest BCUT2D eigenvalue weighted by Gasteiger charge is -2.17. The molecule has 1 N–H and O–H groups in total. The van der Waals surface area contributed by atoms with Gasteiger partial charge in [0.05, 0.1) is 24.4 Å². The molecule has 29 heavy (non-hydrogen) atoms. The Morgan fingerprint density at radius 2 is 1.93 bits per heavy atom. The standard InChI is InChI=1S/C21H20ClN3O3S/c1-13-19(20(27)24-16-9-10-18(28-3)17(22)11-16)29-21(23-13)25(14(2)26)12-15-7-5-4-6-8-15/h4-11H,12H2,1-3H3,(H,24,27). The van der Waals surface area contributed by atoms with Crippen molar-refractivity contribution in [1.29, 1.82) is 0 Å². The summed E-state index contributed by atoms with van der Waals surface area (Å²) >= 11 is 7.30. The maximum Gasteiger partial charge on any atom is 0.267 e. The van der Waals surface area contributed by atoms with Crippen molar-refractivity contribution in [3.8, 4) is 5.75 Å². The zero-order chi connectivity index (χ0) is 21.0. The molecule has 8 heteroatoms. The van der Waals surface area contributed by atoms with Gasteiger partial charge >= 0.3 is 0 Å². The predicted molar refractivity (Wildman–Crippen MR) is 116 cm³/mol. The van der Waals surface area contributed by atoms with Crippen LogP contribution < -0.4 is 15.0 Å². The van der Waals surface area contributed by atoms with Gasteiger partial charge in [-0.25, -0.2) is 4.98 Å². The van der Waals surface area contributed by atoms with Crippen molar-refractivity contribution >= 4 is 45.6 Å². The third kappa shape index (κ3) is 4.93. The Kier molecular flexibility index (Phi) is 6.51. The summed E-state index contributed by atoms with van der Waals surface area (Å²) in [6.07, 6.45) is 0. The van der Waals surface area contributed by atoms with E-state index in [2.05, 4.69) is 10.3 Å². The Hall–Kier alpha value is -2.90. The van der Waals surface area contributed by atoms with Gasteiger partial charge in [-0.05, 0) is 30.7 Å². The van der Waals surface area contributed by atoms with E-state index in [0.29, 0.717) is 38.7 Å². The summed E-state index contributed by atoms with van der Waals surface area (Å²) in [5.41, 5.74) is 2.08. The number of methoxy groups -OCH3 is 1. The van der Waals surface area contributed by atoms with Crippen molar-refractivity contribution in [3.63, 3.8) is 0 Å². The van der Waals surface area contributed by atoms with Crippen molar-refractivity contribution in [2.24, 2.45) is 0 Å². The molecule has 0 aliphatic carbocycles. The second-order valence-corrected chi connectivity index (χ2v) is 7.69. The van der Waals surface area contributed by atoms with Gasteiger partial charge in [-0.15, -0.1) is 0 Å². The summed E-state index contributed by atoms with van der Waals surface area (Å²) in [6, 6.07) is 14.6. The number of rotatable bonds is 6. The minimum Gasteiger partial charge on any atom is -0.495 e. The summed E-state index contributed by atoms with van der Waals surface area (Å²) in [6.45, 7) is 3.62. The molecule has 150 valence electrons. The van der Waals surface area contributed by atoms with Crippen molar-refractivity contribution in [1.82, 2.24) is 4.98 Å². The first-order chi connectivity index (χ1) is 13.9. The maximum atomic E-state index is 12.7. The van der Waals surface area contributed by atoms with Crippen molar-refractivity contribution in [2.75, 3.05) is 17.3 Å². The molecule has 0 saturated carbocycles. The van der Waals surface area contributed by atoms with E-state index in [0.717, 1.165) is 5.56 Å². The van der Waals surface area contributed by atoms with E-state index in [1.807, 2.05) is 30.3 Å². The van der Waals surface area contributed by atoms with Crippen LogP contribution in [0.25, 0.3) is 0 Å². The molecule has 0 bridgehead atoms. The third-order valence-electron chi connectivity index (χ3n) is 4.20. The number of carbonyl (C=O) groups excluding carboxylic acids is 2. The highest BCUT2D eigenvalue weighted by atomic mass is 35.5. The van der Waals surface area contributed by atoms with Crippen molar-refractivity contribution in [2.45, 2.75) is 20.4 Å². The number of nitrogens with one attached hydrogen (secondary N) is 1. The molecule has 0 saturated heterocycles. The van der Waals surface area contributed by atoms with Crippen molar-refractivity contribution in [3.05, 3.63) is 69.7 Å². The number of ether oxygens (including phenoxy) is 1. The minimum absolute atomic E-state index is 0.142. The summed E-state index contributed by atoms with van der Waals surface area (Å²) in [7, 11) is 1.53. The zero-order valence-electron chi connectivity index (χ0n) is 16.2. The number of anilines is 2. The van der Waals surface area contributed by atoms with E-state index in [9.17, 15) is 9.59 Å². The molecule has 0 aliphatic heterocycles.